The highest BCUT2D eigenvalue weighted by Gasteiger charge is 2.36. The molecule has 1 amide bonds. The van der Waals surface area contributed by atoms with E-state index in [0.717, 1.165) is 41.3 Å². The third-order valence-corrected chi connectivity index (χ3v) is 9.10. The number of nitrogens with zero attached hydrogens (tertiary/aromatic N) is 4. The first kappa shape index (κ1) is 24.4. The number of morpholine rings is 1. The number of amides is 1. The molecule has 4 rings (SSSR count). The van der Waals surface area contributed by atoms with Gasteiger partial charge < -0.3 is 9.64 Å². The summed E-state index contributed by atoms with van der Waals surface area (Å²) in [4.78, 5) is 26.9. The minimum absolute atomic E-state index is 0.00424. The maximum atomic E-state index is 13.3. The summed E-state index contributed by atoms with van der Waals surface area (Å²) >= 11 is 1.41. The molecule has 2 aliphatic rings. The van der Waals surface area contributed by atoms with Crippen LogP contribution >= 0.6 is 11.8 Å². The fraction of sp³-hybridized carbons (Fsp3) is 0.609. The standard InChI is InChI=1S/C23H32N4O4S2/c1-3-17(2)27(18-8-13-33(29,30)16-18)22(28)15-32-23-19-6-4-5-7-20(19)24-21(25-23)14-26-9-11-31-12-10-26/h4-7,17-18H,3,8-16H2,1-2H3/t17-,18-/m1/s1. The summed E-state index contributed by atoms with van der Waals surface area (Å²) in [5.41, 5.74) is 0.867. The minimum Gasteiger partial charge on any atom is -0.379 e. The van der Waals surface area contributed by atoms with Crippen molar-refractivity contribution in [3.05, 3.63) is 30.1 Å². The molecule has 33 heavy (non-hydrogen) atoms. The molecular formula is C23H32N4O4S2. The zero-order valence-corrected chi connectivity index (χ0v) is 20.9. The monoisotopic (exact) mass is 492 g/mol. The van der Waals surface area contributed by atoms with E-state index in [2.05, 4.69) is 4.90 Å². The third-order valence-electron chi connectivity index (χ3n) is 6.37. The quantitative estimate of drug-likeness (QED) is 0.410. The highest BCUT2D eigenvalue weighted by Crippen LogP contribution is 2.28. The van der Waals surface area contributed by atoms with Gasteiger partial charge in [0.2, 0.25) is 5.91 Å². The minimum atomic E-state index is -3.07. The summed E-state index contributed by atoms with van der Waals surface area (Å²) in [6.07, 6.45) is 1.30. The van der Waals surface area contributed by atoms with Crippen molar-refractivity contribution in [1.29, 1.82) is 0 Å². The third kappa shape index (κ3) is 6.03. The van der Waals surface area contributed by atoms with Crippen LogP contribution in [0, 0.1) is 0 Å². The topological polar surface area (TPSA) is 92.7 Å². The van der Waals surface area contributed by atoms with Gasteiger partial charge >= 0.3 is 0 Å². The Balaban J connectivity index is 1.52. The van der Waals surface area contributed by atoms with Crippen LogP contribution in [0.3, 0.4) is 0 Å². The summed E-state index contributed by atoms with van der Waals surface area (Å²) in [7, 11) is -3.07. The van der Waals surface area contributed by atoms with Crippen LogP contribution in [-0.2, 0) is 25.9 Å². The van der Waals surface area contributed by atoms with E-state index < -0.39 is 9.84 Å². The molecule has 180 valence electrons. The molecule has 2 fully saturated rings. The molecule has 2 atom stereocenters. The van der Waals surface area contributed by atoms with Crippen LogP contribution in [0.1, 0.15) is 32.5 Å². The zero-order chi connectivity index (χ0) is 23.4. The van der Waals surface area contributed by atoms with E-state index in [9.17, 15) is 13.2 Å². The average molecular weight is 493 g/mol. The Morgan fingerprint density at radius 3 is 2.73 bits per heavy atom. The van der Waals surface area contributed by atoms with Gasteiger partial charge in [0.25, 0.3) is 0 Å². The Bertz CT molecular complexity index is 1090. The Morgan fingerprint density at radius 1 is 1.27 bits per heavy atom. The van der Waals surface area contributed by atoms with Crippen LogP contribution in [0.2, 0.25) is 0 Å². The first-order valence-electron chi connectivity index (χ1n) is 11.6. The number of rotatable bonds is 8. The number of carbonyl (C=O) groups is 1. The van der Waals surface area contributed by atoms with Crippen LogP contribution in [0.5, 0.6) is 0 Å². The fourth-order valence-corrected chi connectivity index (χ4v) is 7.06. The number of para-hydroxylation sites is 1. The predicted molar refractivity (Wildman–Crippen MR) is 130 cm³/mol. The Labute approximate surface area is 200 Å². The van der Waals surface area contributed by atoms with Gasteiger partial charge in [0.15, 0.2) is 9.84 Å². The second-order valence-electron chi connectivity index (χ2n) is 8.75. The second kappa shape index (κ2) is 10.7. The van der Waals surface area contributed by atoms with Crippen molar-refractivity contribution >= 4 is 38.4 Å². The van der Waals surface area contributed by atoms with E-state index in [0.29, 0.717) is 26.2 Å². The lowest BCUT2D eigenvalue weighted by Crippen LogP contribution is -2.47. The Hall–Kier alpha value is -1.75. The molecule has 2 aromatic rings. The molecule has 3 heterocycles. The largest absolute Gasteiger partial charge is 0.379 e. The number of hydrogen-bond acceptors (Lipinski definition) is 8. The number of hydrogen-bond donors (Lipinski definition) is 0. The van der Waals surface area contributed by atoms with Crippen molar-refractivity contribution in [2.24, 2.45) is 0 Å². The van der Waals surface area contributed by atoms with Crippen molar-refractivity contribution in [3.63, 3.8) is 0 Å². The molecule has 0 spiro atoms. The maximum Gasteiger partial charge on any atom is 0.233 e. The van der Waals surface area contributed by atoms with Crippen LogP contribution in [-0.4, -0.2) is 89.7 Å². The van der Waals surface area contributed by atoms with Gasteiger partial charge in [-0.15, -0.1) is 0 Å². The van der Waals surface area contributed by atoms with Crippen molar-refractivity contribution in [3.8, 4) is 0 Å². The summed E-state index contributed by atoms with van der Waals surface area (Å²) < 4.78 is 29.5. The van der Waals surface area contributed by atoms with Crippen LogP contribution in [0.15, 0.2) is 29.3 Å². The number of aromatic nitrogens is 2. The number of sulfone groups is 1. The molecule has 1 aromatic carbocycles. The SMILES string of the molecule is CC[C@@H](C)N(C(=O)CSc1nc(CN2CCOCC2)nc2ccccc12)[C@@H]1CCS(=O)(=O)C1. The van der Waals surface area contributed by atoms with E-state index in [1.807, 2.05) is 38.1 Å². The number of thioether (sulfide) groups is 1. The van der Waals surface area contributed by atoms with Gasteiger partial charge in [-0.2, -0.15) is 0 Å². The average Bonchev–Trinajstić information content (AvgIpc) is 3.17. The van der Waals surface area contributed by atoms with Crippen molar-refractivity contribution in [2.45, 2.75) is 50.3 Å². The summed E-state index contributed by atoms with van der Waals surface area (Å²) in [5.74, 6) is 1.15. The van der Waals surface area contributed by atoms with Crippen molar-refractivity contribution in [2.75, 3.05) is 43.6 Å². The molecular weight excluding hydrogens is 460 g/mol. The molecule has 0 N–H and O–H groups in total. The Kier molecular flexibility index (Phi) is 7.88. The molecule has 0 bridgehead atoms. The molecule has 2 saturated heterocycles. The van der Waals surface area contributed by atoms with Gasteiger partial charge in [0.1, 0.15) is 10.9 Å². The lowest BCUT2D eigenvalue weighted by molar-refractivity contribution is -0.132. The van der Waals surface area contributed by atoms with Gasteiger partial charge in [-0.25, -0.2) is 18.4 Å². The molecule has 0 aliphatic carbocycles. The maximum absolute atomic E-state index is 13.3. The smallest absolute Gasteiger partial charge is 0.233 e. The van der Waals surface area contributed by atoms with Gasteiger partial charge in [-0.1, -0.05) is 36.9 Å². The van der Waals surface area contributed by atoms with Crippen LogP contribution < -0.4 is 0 Å². The predicted octanol–water partition coefficient (Wildman–Crippen LogP) is 2.37. The molecule has 10 heteroatoms. The lowest BCUT2D eigenvalue weighted by atomic mass is 10.1. The van der Waals surface area contributed by atoms with Gasteiger partial charge in [-0.05, 0) is 25.8 Å². The highest BCUT2D eigenvalue weighted by atomic mass is 32.2. The Morgan fingerprint density at radius 2 is 2.03 bits per heavy atom. The van der Waals surface area contributed by atoms with E-state index in [1.165, 1.54) is 11.8 Å². The number of ether oxygens (including phenoxy) is 1. The summed E-state index contributed by atoms with van der Waals surface area (Å²) in [6, 6.07) is 7.62. The first-order valence-corrected chi connectivity index (χ1v) is 14.4. The van der Waals surface area contributed by atoms with Crippen molar-refractivity contribution < 1.29 is 17.9 Å². The number of benzene rings is 1. The zero-order valence-electron chi connectivity index (χ0n) is 19.3. The molecule has 1 aromatic heterocycles. The van der Waals surface area contributed by atoms with Gasteiger partial charge in [0.05, 0.1) is 42.5 Å². The second-order valence-corrected chi connectivity index (χ2v) is 11.9. The molecule has 0 unspecified atom stereocenters. The normalized spacial score (nSPS) is 21.8. The van der Waals surface area contributed by atoms with Crippen LogP contribution in [0.25, 0.3) is 10.9 Å². The number of fused-ring (bicyclic) bond motifs is 1. The first-order chi connectivity index (χ1) is 15.9. The van der Waals surface area contributed by atoms with E-state index in [1.54, 1.807) is 4.90 Å². The molecule has 0 saturated carbocycles. The van der Waals surface area contributed by atoms with Crippen LogP contribution in [0.4, 0.5) is 0 Å². The van der Waals surface area contributed by atoms with Crippen molar-refractivity contribution in [1.82, 2.24) is 19.8 Å². The molecule has 2 aliphatic heterocycles. The van der Waals surface area contributed by atoms with E-state index in [-0.39, 0.29) is 35.2 Å². The lowest BCUT2D eigenvalue weighted by Gasteiger charge is -2.33. The van der Waals surface area contributed by atoms with E-state index >= 15 is 0 Å². The fourth-order valence-electron chi connectivity index (χ4n) is 4.44. The number of carbonyl (C=O) groups excluding carboxylic acids is 1. The molecule has 8 nitrogen and oxygen atoms in total. The van der Waals surface area contributed by atoms with Gasteiger partial charge in [0, 0.05) is 30.6 Å². The summed E-state index contributed by atoms with van der Waals surface area (Å²) in [6.45, 7) is 7.80. The van der Waals surface area contributed by atoms with Gasteiger partial charge in [-0.3, -0.25) is 9.69 Å². The molecule has 0 radical (unpaired) electrons. The summed E-state index contributed by atoms with van der Waals surface area (Å²) in [5, 5.41) is 1.72. The highest BCUT2D eigenvalue weighted by molar-refractivity contribution is 8.00. The van der Waals surface area contributed by atoms with E-state index in [4.69, 9.17) is 14.7 Å².